The molecule has 1 aromatic carbocycles. The maximum Gasteiger partial charge on any atom is 0.255 e. The largest absolute Gasteiger partial charge is 0.496 e. The number of thiophene rings is 1. The van der Waals surface area contributed by atoms with Gasteiger partial charge in [0.05, 0.1) is 23.6 Å². The molecule has 6 nitrogen and oxygen atoms in total. The summed E-state index contributed by atoms with van der Waals surface area (Å²) >= 11 is 1.52. The number of primary sulfonamides is 1. The van der Waals surface area contributed by atoms with Crippen LogP contribution in [0.2, 0.25) is 0 Å². The first kappa shape index (κ1) is 16.5. The van der Waals surface area contributed by atoms with Crippen LogP contribution in [0.4, 0.5) is 0 Å². The Bertz CT molecular complexity index is 770. The minimum absolute atomic E-state index is 0.123. The fraction of sp³-hybridized carbons (Fsp3) is 0.214. The molecule has 0 aliphatic carbocycles. The summed E-state index contributed by atoms with van der Waals surface area (Å²) in [6.07, 6.45) is 0. The molecule has 0 bridgehead atoms. The maximum absolute atomic E-state index is 12.4. The van der Waals surface area contributed by atoms with Crippen LogP contribution in [-0.2, 0) is 10.0 Å². The molecule has 2 rings (SSSR count). The fourth-order valence-electron chi connectivity index (χ4n) is 1.92. The summed E-state index contributed by atoms with van der Waals surface area (Å²) in [6.45, 7) is 1.85. The van der Waals surface area contributed by atoms with Gasteiger partial charge in [-0.2, -0.15) is 0 Å². The minimum Gasteiger partial charge on any atom is -0.496 e. The van der Waals surface area contributed by atoms with Crippen LogP contribution in [0.15, 0.2) is 40.6 Å². The third kappa shape index (κ3) is 3.65. The average molecular weight is 340 g/mol. The van der Waals surface area contributed by atoms with Crippen molar-refractivity contribution in [1.29, 1.82) is 0 Å². The van der Waals surface area contributed by atoms with Crippen molar-refractivity contribution in [3.05, 3.63) is 46.2 Å². The van der Waals surface area contributed by atoms with Gasteiger partial charge in [-0.05, 0) is 36.6 Å². The molecule has 1 aromatic heterocycles. The SMILES string of the molecule is COc1ccc(S(N)(=O)=O)cc1C(=O)N[C@H](C)c1cccs1. The number of hydrogen-bond acceptors (Lipinski definition) is 5. The molecular weight excluding hydrogens is 324 g/mol. The maximum atomic E-state index is 12.4. The molecule has 22 heavy (non-hydrogen) atoms. The van der Waals surface area contributed by atoms with Gasteiger partial charge in [-0.25, -0.2) is 13.6 Å². The number of amides is 1. The minimum atomic E-state index is -3.89. The standard InChI is InChI=1S/C14H16N2O4S2/c1-9(13-4-3-7-21-13)16-14(17)11-8-10(22(15,18)19)5-6-12(11)20-2/h3-9H,1-2H3,(H,16,17)(H2,15,18,19)/t9-/m1/s1. The highest BCUT2D eigenvalue weighted by Gasteiger charge is 2.19. The second-order valence-electron chi connectivity index (χ2n) is 4.62. The Hall–Kier alpha value is -1.90. The lowest BCUT2D eigenvalue weighted by molar-refractivity contribution is 0.0937. The van der Waals surface area contributed by atoms with E-state index in [0.29, 0.717) is 0 Å². The molecule has 0 aliphatic rings. The number of rotatable bonds is 5. The van der Waals surface area contributed by atoms with Crippen molar-refractivity contribution in [3.63, 3.8) is 0 Å². The van der Waals surface area contributed by atoms with E-state index in [4.69, 9.17) is 9.88 Å². The first-order valence-corrected chi connectivity index (χ1v) is 8.80. The van der Waals surface area contributed by atoms with Crippen LogP contribution >= 0.6 is 11.3 Å². The van der Waals surface area contributed by atoms with Gasteiger partial charge in [0.15, 0.2) is 0 Å². The van der Waals surface area contributed by atoms with Gasteiger partial charge in [0.2, 0.25) is 10.0 Å². The monoisotopic (exact) mass is 340 g/mol. The third-order valence-corrected chi connectivity index (χ3v) is 5.03. The molecule has 8 heteroatoms. The Morgan fingerprint density at radius 2 is 2.09 bits per heavy atom. The highest BCUT2D eigenvalue weighted by Crippen LogP contribution is 2.24. The Morgan fingerprint density at radius 3 is 2.64 bits per heavy atom. The van der Waals surface area contributed by atoms with Crippen molar-refractivity contribution < 1.29 is 17.9 Å². The van der Waals surface area contributed by atoms with Gasteiger partial charge in [-0.15, -0.1) is 11.3 Å². The zero-order valence-corrected chi connectivity index (χ0v) is 13.7. The van der Waals surface area contributed by atoms with Crippen molar-refractivity contribution in [2.75, 3.05) is 7.11 Å². The van der Waals surface area contributed by atoms with E-state index in [1.54, 1.807) is 0 Å². The van der Waals surface area contributed by atoms with Crippen LogP contribution in [0.25, 0.3) is 0 Å². The second-order valence-corrected chi connectivity index (χ2v) is 7.16. The van der Waals surface area contributed by atoms with Gasteiger partial charge < -0.3 is 10.1 Å². The number of sulfonamides is 1. The summed E-state index contributed by atoms with van der Waals surface area (Å²) in [5.41, 5.74) is 0.123. The molecule has 3 N–H and O–H groups in total. The molecule has 0 saturated carbocycles. The van der Waals surface area contributed by atoms with Gasteiger partial charge in [-0.3, -0.25) is 4.79 Å². The molecule has 0 unspecified atom stereocenters. The second kappa shape index (κ2) is 6.47. The molecule has 1 amide bonds. The number of hydrogen-bond donors (Lipinski definition) is 2. The number of carbonyl (C=O) groups is 1. The molecule has 1 heterocycles. The Morgan fingerprint density at radius 1 is 1.36 bits per heavy atom. The van der Waals surface area contributed by atoms with Crippen molar-refractivity contribution in [3.8, 4) is 5.75 Å². The van der Waals surface area contributed by atoms with E-state index in [1.165, 1.54) is 36.6 Å². The van der Waals surface area contributed by atoms with Gasteiger partial charge in [-0.1, -0.05) is 6.07 Å². The predicted octanol–water partition coefficient (Wildman–Crippen LogP) is 1.90. The van der Waals surface area contributed by atoms with E-state index in [-0.39, 0.29) is 22.3 Å². The summed E-state index contributed by atoms with van der Waals surface area (Å²) in [5, 5.41) is 9.82. The lowest BCUT2D eigenvalue weighted by Gasteiger charge is -2.14. The number of carbonyl (C=O) groups excluding carboxylic acids is 1. The Balaban J connectivity index is 2.31. The summed E-state index contributed by atoms with van der Waals surface area (Å²) < 4.78 is 28.0. The van der Waals surface area contributed by atoms with Crippen LogP contribution in [-0.4, -0.2) is 21.4 Å². The van der Waals surface area contributed by atoms with Crippen LogP contribution in [0.1, 0.15) is 28.2 Å². The fourth-order valence-corrected chi connectivity index (χ4v) is 3.20. The lowest BCUT2D eigenvalue weighted by atomic mass is 10.1. The summed E-state index contributed by atoms with van der Waals surface area (Å²) in [4.78, 5) is 13.2. The van der Waals surface area contributed by atoms with Gasteiger partial charge in [0.25, 0.3) is 5.91 Å². The van der Waals surface area contributed by atoms with Crippen LogP contribution < -0.4 is 15.2 Å². The normalized spacial score (nSPS) is 12.7. The van der Waals surface area contributed by atoms with E-state index >= 15 is 0 Å². The number of methoxy groups -OCH3 is 1. The quantitative estimate of drug-likeness (QED) is 0.868. The van der Waals surface area contributed by atoms with E-state index in [2.05, 4.69) is 5.32 Å². The molecule has 0 radical (unpaired) electrons. The highest BCUT2D eigenvalue weighted by molar-refractivity contribution is 7.89. The van der Waals surface area contributed by atoms with E-state index in [9.17, 15) is 13.2 Å². The van der Waals surface area contributed by atoms with Crippen LogP contribution in [0.3, 0.4) is 0 Å². The van der Waals surface area contributed by atoms with Crippen molar-refractivity contribution >= 4 is 27.3 Å². The zero-order chi connectivity index (χ0) is 16.3. The van der Waals surface area contributed by atoms with E-state index < -0.39 is 15.9 Å². The van der Waals surface area contributed by atoms with Crippen molar-refractivity contribution in [1.82, 2.24) is 5.32 Å². The predicted molar refractivity (Wildman–Crippen MR) is 84.6 cm³/mol. The third-order valence-electron chi connectivity index (χ3n) is 3.06. The Labute approximate surface area is 133 Å². The van der Waals surface area contributed by atoms with Gasteiger partial charge >= 0.3 is 0 Å². The molecule has 0 spiro atoms. The molecule has 118 valence electrons. The van der Waals surface area contributed by atoms with E-state index in [0.717, 1.165) is 4.88 Å². The van der Waals surface area contributed by atoms with E-state index in [1.807, 2.05) is 24.4 Å². The lowest BCUT2D eigenvalue weighted by Crippen LogP contribution is -2.27. The number of nitrogens with two attached hydrogens (primary N) is 1. The van der Waals surface area contributed by atoms with Crippen LogP contribution in [0.5, 0.6) is 5.75 Å². The first-order valence-electron chi connectivity index (χ1n) is 6.38. The smallest absolute Gasteiger partial charge is 0.255 e. The summed E-state index contributed by atoms with van der Waals surface area (Å²) in [6, 6.07) is 7.52. The highest BCUT2D eigenvalue weighted by atomic mass is 32.2. The first-order chi connectivity index (χ1) is 10.3. The van der Waals surface area contributed by atoms with Gasteiger partial charge in [0.1, 0.15) is 5.75 Å². The molecule has 0 saturated heterocycles. The molecule has 0 aliphatic heterocycles. The molecule has 0 fully saturated rings. The zero-order valence-electron chi connectivity index (χ0n) is 12.1. The number of ether oxygens (including phenoxy) is 1. The van der Waals surface area contributed by atoms with Gasteiger partial charge in [0, 0.05) is 4.88 Å². The average Bonchev–Trinajstić information content (AvgIpc) is 2.99. The molecular formula is C14H16N2O4S2. The molecule has 1 atom stereocenters. The Kier molecular flexibility index (Phi) is 4.84. The summed E-state index contributed by atoms with van der Waals surface area (Å²) in [5.74, 6) is -0.147. The van der Waals surface area contributed by atoms with Crippen molar-refractivity contribution in [2.24, 2.45) is 5.14 Å². The van der Waals surface area contributed by atoms with Crippen LogP contribution in [0, 0.1) is 0 Å². The number of benzene rings is 1. The molecule has 2 aromatic rings. The summed E-state index contributed by atoms with van der Waals surface area (Å²) in [7, 11) is -2.48. The van der Waals surface area contributed by atoms with Crippen molar-refractivity contribution in [2.45, 2.75) is 17.9 Å². The number of nitrogens with one attached hydrogen (secondary N) is 1. The topological polar surface area (TPSA) is 98.5 Å².